The van der Waals surface area contributed by atoms with Gasteiger partial charge in [-0.05, 0) is 18.2 Å². The maximum atomic E-state index is 12.5. The lowest BCUT2D eigenvalue weighted by Crippen LogP contribution is -2.43. The maximum Gasteiger partial charge on any atom is 0.260 e. The molecule has 0 spiro atoms. The highest BCUT2D eigenvalue weighted by Gasteiger charge is 2.25. The van der Waals surface area contributed by atoms with Crippen LogP contribution in [0.2, 0.25) is 0 Å². The summed E-state index contributed by atoms with van der Waals surface area (Å²) in [6.45, 7) is 1.23. The van der Waals surface area contributed by atoms with Crippen LogP contribution >= 0.6 is 0 Å². The van der Waals surface area contributed by atoms with Gasteiger partial charge in [0.25, 0.3) is 5.91 Å². The fourth-order valence-corrected chi connectivity index (χ4v) is 3.44. The van der Waals surface area contributed by atoms with Gasteiger partial charge in [-0.25, -0.2) is 0 Å². The Morgan fingerprint density at radius 2 is 1.79 bits per heavy atom. The predicted molar refractivity (Wildman–Crippen MR) is 108 cm³/mol. The summed E-state index contributed by atoms with van der Waals surface area (Å²) in [5.74, 6) is 1.69. The second-order valence-electron chi connectivity index (χ2n) is 6.87. The average Bonchev–Trinajstić information content (AvgIpc) is 2.78. The van der Waals surface area contributed by atoms with Crippen LogP contribution in [-0.2, 0) is 4.79 Å². The van der Waals surface area contributed by atoms with E-state index in [9.17, 15) is 4.79 Å². The summed E-state index contributed by atoms with van der Waals surface area (Å²) in [4.78, 5) is 14.3. The summed E-state index contributed by atoms with van der Waals surface area (Å²) in [7, 11) is 1.58. The molecular formula is C22H23N3O4. The Bertz CT molecular complexity index is 981. The number of carbonyl (C=O) groups is 1. The normalized spacial score (nSPS) is 14.6. The van der Waals surface area contributed by atoms with E-state index < -0.39 is 0 Å². The zero-order valence-electron chi connectivity index (χ0n) is 16.3. The molecule has 29 heavy (non-hydrogen) atoms. The number of aromatic nitrogens is 2. The zero-order valence-corrected chi connectivity index (χ0v) is 16.3. The Kier molecular flexibility index (Phi) is 5.74. The summed E-state index contributed by atoms with van der Waals surface area (Å²) >= 11 is 0. The first-order chi connectivity index (χ1) is 14.2. The van der Waals surface area contributed by atoms with Gasteiger partial charge in [-0.1, -0.05) is 30.3 Å². The van der Waals surface area contributed by atoms with E-state index in [-0.39, 0.29) is 18.6 Å². The van der Waals surface area contributed by atoms with E-state index in [0.29, 0.717) is 30.5 Å². The van der Waals surface area contributed by atoms with Crippen LogP contribution in [0.5, 0.6) is 17.4 Å². The van der Waals surface area contributed by atoms with Gasteiger partial charge in [-0.15, -0.1) is 5.10 Å². The average molecular weight is 393 g/mol. The van der Waals surface area contributed by atoms with E-state index in [1.165, 1.54) is 0 Å². The van der Waals surface area contributed by atoms with Crippen LogP contribution in [0.25, 0.3) is 10.8 Å². The van der Waals surface area contributed by atoms with E-state index in [1.807, 2.05) is 41.3 Å². The third-order valence-electron chi connectivity index (χ3n) is 5.03. The molecule has 150 valence electrons. The van der Waals surface area contributed by atoms with Gasteiger partial charge in [0.1, 0.15) is 6.10 Å². The van der Waals surface area contributed by atoms with E-state index in [2.05, 4.69) is 10.2 Å². The molecule has 1 fully saturated rings. The van der Waals surface area contributed by atoms with Crippen LogP contribution in [0.1, 0.15) is 12.8 Å². The van der Waals surface area contributed by atoms with Gasteiger partial charge >= 0.3 is 0 Å². The third kappa shape index (κ3) is 4.39. The number of methoxy groups -OCH3 is 1. The van der Waals surface area contributed by atoms with Gasteiger partial charge in [0.05, 0.1) is 13.3 Å². The van der Waals surface area contributed by atoms with Crippen LogP contribution in [0.4, 0.5) is 0 Å². The fourth-order valence-electron chi connectivity index (χ4n) is 3.44. The van der Waals surface area contributed by atoms with Crippen molar-refractivity contribution >= 4 is 16.7 Å². The van der Waals surface area contributed by atoms with E-state index in [4.69, 9.17) is 14.2 Å². The van der Waals surface area contributed by atoms with E-state index in [0.717, 1.165) is 23.6 Å². The Morgan fingerprint density at radius 3 is 2.59 bits per heavy atom. The molecule has 0 unspecified atom stereocenters. The van der Waals surface area contributed by atoms with Crippen LogP contribution < -0.4 is 14.2 Å². The van der Waals surface area contributed by atoms with Crippen molar-refractivity contribution in [3.05, 3.63) is 54.7 Å². The van der Waals surface area contributed by atoms with Crippen molar-refractivity contribution in [2.45, 2.75) is 18.9 Å². The molecule has 4 rings (SSSR count). The number of para-hydroxylation sites is 2. The van der Waals surface area contributed by atoms with Crippen molar-refractivity contribution in [3.8, 4) is 17.4 Å². The Labute approximate surface area is 169 Å². The largest absolute Gasteiger partial charge is 0.493 e. The smallest absolute Gasteiger partial charge is 0.260 e. The molecule has 1 saturated heterocycles. The van der Waals surface area contributed by atoms with Crippen LogP contribution in [-0.4, -0.2) is 53.9 Å². The lowest BCUT2D eigenvalue weighted by molar-refractivity contribution is -0.135. The minimum atomic E-state index is -0.0423. The highest BCUT2D eigenvalue weighted by atomic mass is 16.5. The number of fused-ring (bicyclic) bond motifs is 1. The first-order valence-corrected chi connectivity index (χ1v) is 9.65. The van der Waals surface area contributed by atoms with Gasteiger partial charge in [-0.3, -0.25) is 4.79 Å². The number of hydrogen-bond acceptors (Lipinski definition) is 6. The second kappa shape index (κ2) is 8.77. The standard InChI is InChI=1S/C22H23N3O4/c1-27-19-8-4-5-9-20(19)28-15-21(26)25-12-10-17(11-13-25)29-22-18-7-3-2-6-16(18)14-23-24-22/h2-9,14,17H,10-13,15H2,1H3. The number of amides is 1. The summed E-state index contributed by atoms with van der Waals surface area (Å²) < 4.78 is 17.0. The highest BCUT2D eigenvalue weighted by Crippen LogP contribution is 2.27. The molecule has 1 aromatic heterocycles. The molecule has 0 saturated carbocycles. The number of nitrogens with zero attached hydrogens (tertiary/aromatic N) is 3. The summed E-state index contributed by atoms with van der Waals surface area (Å²) in [6, 6.07) is 15.2. The first-order valence-electron chi connectivity index (χ1n) is 9.65. The Morgan fingerprint density at radius 1 is 1.07 bits per heavy atom. The van der Waals surface area contributed by atoms with Crippen molar-refractivity contribution in [2.75, 3.05) is 26.8 Å². The molecule has 3 aromatic rings. The summed E-state index contributed by atoms with van der Waals surface area (Å²) in [5.41, 5.74) is 0. The fraction of sp³-hybridized carbons (Fsp3) is 0.318. The topological polar surface area (TPSA) is 73.8 Å². The number of likely N-dealkylation sites (tertiary alicyclic amines) is 1. The molecule has 1 aliphatic rings. The molecule has 1 aliphatic heterocycles. The summed E-state index contributed by atoms with van der Waals surface area (Å²) in [5, 5.41) is 10.1. The van der Waals surface area contributed by atoms with Crippen molar-refractivity contribution < 1.29 is 19.0 Å². The van der Waals surface area contributed by atoms with Gasteiger partial charge < -0.3 is 19.1 Å². The minimum absolute atomic E-state index is 0.00860. The SMILES string of the molecule is COc1ccccc1OCC(=O)N1CCC(Oc2nncc3ccccc23)CC1. The number of hydrogen-bond donors (Lipinski definition) is 0. The number of carbonyl (C=O) groups excluding carboxylic acids is 1. The summed E-state index contributed by atoms with van der Waals surface area (Å²) in [6.07, 6.45) is 3.22. The molecule has 0 atom stereocenters. The minimum Gasteiger partial charge on any atom is -0.493 e. The number of benzene rings is 2. The molecule has 7 heteroatoms. The van der Waals surface area contributed by atoms with Crippen LogP contribution in [0, 0.1) is 0 Å². The Hall–Kier alpha value is -3.35. The van der Waals surface area contributed by atoms with E-state index in [1.54, 1.807) is 25.4 Å². The molecular weight excluding hydrogens is 370 g/mol. The van der Waals surface area contributed by atoms with Gasteiger partial charge in [0.2, 0.25) is 5.88 Å². The van der Waals surface area contributed by atoms with Crippen LogP contribution in [0.3, 0.4) is 0 Å². The quantitative estimate of drug-likeness (QED) is 0.641. The predicted octanol–water partition coefficient (Wildman–Crippen LogP) is 3.09. The van der Waals surface area contributed by atoms with Gasteiger partial charge in [-0.2, -0.15) is 5.10 Å². The number of ether oxygens (including phenoxy) is 3. The number of piperidine rings is 1. The lowest BCUT2D eigenvalue weighted by Gasteiger charge is -2.32. The molecule has 2 aromatic carbocycles. The molecule has 0 radical (unpaired) electrons. The first kappa shape index (κ1) is 19.0. The number of rotatable bonds is 6. The van der Waals surface area contributed by atoms with Crippen molar-refractivity contribution in [1.82, 2.24) is 15.1 Å². The van der Waals surface area contributed by atoms with Crippen molar-refractivity contribution in [1.29, 1.82) is 0 Å². The van der Waals surface area contributed by atoms with Crippen molar-refractivity contribution in [2.24, 2.45) is 0 Å². The van der Waals surface area contributed by atoms with Crippen LogP contribution in [0.15, 0.2) is 54.7 Å². The molecule has 0 aliphatic carbocycles. The second-order valence-corrected chi connectivity index (χ2v) is 6.87. The molecule has 0 N–H and O–H groups in total. The Balaban J connectivity index is 1.30. The van der Waals surface area contributed by atoms with Gasteiger partial charge in [0.15, 0.2) is 18.1 Å². The lowest BCUT2D eigenvalue weighted by atomic mass is 10.1. The molecule has 7 nitrogen and oxygen atoms in total. The molecule has 2 heterocycles. The third-order valence-corrected chi connectivity index (χ3v) is 5.03. The monoisotopic (exact) mass is 393 g/mol. The van der Waals surface area contributed by atoms with E-state index >= 15 is 0 Å². The molecule has 1 amide bonds. The van der Waals surface area contributed by atoms with Gasteiger partial charge in [0, 0.05) is 36.7 Å². The van der Waals surface area contributed by atoms with Crippen molar-refractivity contribution in [3.63, 3.8) is 0 Å². The maximum absolute atomic E-state index is 12.5. The highest BCUT2D eigenvalue weighted by molar-refractivity contribution is 5.85. The zero-order chi connectivity index (χ0) is 20.1. The molecule has 0 bridgehead atoms.